The van der Waals surface area contributed by atoms with Gasteiger partial charge in [-0.25, -0.2) is 0 Å². The number of fused-ring (bicyclic) bond motifs is 3. The molecule has 3 aliphatic rings. The second-order valence-electron chi connectivity index (χ2n) is 14.7. The largest absolute Gasteiger partial charge is 0.0614 e. The molecule has 0 spiro atoms. The SMILES string of the molecule is CC1(C)c2cc(-c3ccc4c5c3ccc3cccc(c35)CC4)ccc2-c2ccc(-c3ccc4c5c3ccc3cccc(c35)CC4)cc21. The Kier molecular flexibility index (Phi) is 4.96. The van der Waals surface area contributed by atoms with Crippen molar-refractivity contribution in [2.45, 2.75) is 44.9 Å². The van der Waals surface area contributed by atoms with E-state index in [-0.39, 0.29) is 5.41 Å². The first-order valence-electron chi connectivity index (χ1n) is 17.3. The summed E-state index contributed by atoms with van der Waals surface area (Å²) in [6.45, 7) is 4.84. The standard InChI is InChI=1S/C47H34/c1-47(2)41-25-33(35-19-13-31-11-9-27-5-3-7-29-15-23-39(35)45(31)43(27)29)17-21-37(41)38-22-18-34(26-42(38)47)36-20-14-32-12-10-28-6-4-8-30-16-24-40(36)46(32)44(28)30/h3-8,13-26H,9-12H2,1-2H3. The summed E-state index contributed by atoms with van der Waals surface area (Å²) in [4.78, 5) is 0. The summed E-state index contributed by atoms with van der Waals surface area (Å²) in [6, 6.07) is 47.1. The molecule has 0 unspecified atom stereocenters. The van der Waals surface area contributed by atoms with Crippen molar-refractivity contribution in [1.82, 2.24) is 0 Å². The van der Waals surface area contributed by atoms with Gasteiger partial charge in [0.05, 0.1) is 0 Å². The van der Waals surface area contributed by atoms with E-state index < -0.39 is 0 Å². The highest BCUT2D eigenvalue weighted by Crippen LogP contribution is 2.52. The predicted molar refractivity (Wildman–Crippen MR) is 200 cm³/mol. The Morgan fingerprint density at radius 2 is 0.809 bits per heavy atom. The van der Waals surface area contributed by atoms with Gasteiger partial charge in [-0.15, -0.1) is 0 Å². The molecule has 0 N–H and O–H groups in total. The van der Waals surface area contributed by atoms with E-state index in [9.17, 15) is 0 Å². The molecular formula is C47H34. The Labute approximate surface area is 275 Å². The molecule has 47 heavy (non-hydrogen) atoms. The summed E-state index contributed by atoms with van der Waals surface area (Å²) < 4.78 is 0. The molecule has 0 saturated heterocycles. The third-order valence-electron chi connectivity index (χ3n) is 12.0. The van der Waals surface area contributed by atoms with Crippen molar-refractivity contribution in [2.75, 3.05) is 0 Å². The van der Waals surface area contributed by atoms with E-state index in [1.165, 1.54) is 110 Å². The van der Waals surface area contributed by atoms with Gasteiger partial charge < -0.3 is 0 Å². The fourth-order valence-electron chi connectivity index (χ4n) is 9.69. The summed E-state index contributed by atoms with van der Waals surface area (Å²) >= 11 is 0. The zero-order valence-corrected chi connectivity index (χ0v) is 26.9. The molecule has 0 aromatic heterocycles. The Bertz CT molecular complexity index is 2510. The lowest BCUT2D eigenvalue weighted by molar-refractivity contribution is 0.661. The van der Waals surface area contributed by atoms with Gasteiger partial charge in [0.25, 0.3) is 0 Å². The highest BCUT2D eigenvalue weighted by atomic mass is 14.4. The normalized spacial score (nSPS) is 15.3. The van der Waals surface area contributed by atoms with Gasteiger partial charge in [-0.2, -0.15) is 0 Å². The molecule has 11 rings (SSSR count). The molecular weight excluding hydrogens is 565 g/mol. The molecule has 0 aliphatic heterocycles. The van der Waals surface area contributed by atoms with Crippen LogP contribution >= 0.6 is 0 Å². The van der Waals surface area contributed by atoms with Crippen molar-refractivity contribution in [1.29, 1.82) is 0 Å². The lowest BCUT2D eigenvalue weighted by Crippen LogP contribution is -2.15. The van der Waals surface area contributed by atoms with Crippen LogP contribution in [0.5, 0.6) is 0 Å². The Morgan fingerprint density at radius 3 is 1.28 bits per heavy atom. The van der Waals surface area contributed by atoms with Crippen molar-refractivity contribution >= 4 is 43.1 Å². The first kappa shape index (κ1) is 25.9. The van der Waals surface area contributed by atoms with Crippen molar-refractivity contribution in [2.24, 2.45) is 0 Å². The highest BCUT2D eigenvalue weighted by Gasteiger charge is 2.36. The zero-order chi connectivity index (χ0) is 31.0. The monoisotopic (exact) mass is 598 g/mol. The summed E-state index contributed by atoms with van der Waals surface area (Å²) in [5, 5.41) is 11.4. The van der Waals surface area contributed by atoms with Crippen LogP contribution in [0.25, 0.3) is 76.5 Å². The van der Waals surface area contributed by atoms with Crippen LogP contribution in [0.15, 0.2) is 121 Å². The molecule has 0 amide bonds. The maximum absolute atomic E-state index is 2.50. The van der Waals surface area contributed by atoms with Gasteiger partial charge in [-0.1, -0.05) is 123 Å². The van der Waals surface area contributed by atoms with E-state index in [2.05, 4.69) is 135 Å². The van der Waals surface area contributed by atoms with E-state index in [1.807, 2.05) is 0 Å². The van der Waals surface area contributed by atoms with Gasteiger partial charge >= 0.3 is 0 Å². The molecule has 0 heterocycles. The van der Waals surface area contributed by atoms with E-state index in [4.69, 9.17) is 0 Å². The Hall–Kier alpha value is -5.20. The minimum absolute atomic E-state index is 0.0984. The fourth-order valence-corrected chi connectivity index (χ4v) is 9.69. The van der Waals surface area contributed by atoms with E-state index >= 15 is 0 Å². The first-order chi connectivity index (χ1) is 23.0. The van der Waals surface area contributed by atoms with E-state index in [0.29, 0.717) is 0 Å². The van der Waals surface area contributed by atoms with Gasteiger partial charge in [0, 0.05) is 5.41 Å². The first-order valence-corrected chi connectivity index (χ1v) is 17.3. The smallest absolute Gasteiger partial charge is 0.0159 e. The van der Waals surface area contributed by atoms with Crippen molar-refractivity contribution in [3.05, 3.63) is 155 Å². The van der Waals surface area contributed by atoms with Crippen LogP contribution in [0.3, 0.4) is 0 Å². The van der Waals surface area contributed by atoms with Crippen molar-refractivity contribution < 1.29 is 0 Å². The van der Waals surface area contributed by atoms with E-state index in [1.54, 1.807) is 0 Å². The maximum Gasteiger partial charge on any atom is 0.0159 e. The van der Waals surface area contributed by atoms with Crippen LogP contribution in [0.1, 0.15) is 47.2 Å². The lowest BCUT2D eigenvalue weighted by atomic mass is 9.79. The van der Waals surface area contributed by atoms with Crippen LogP contribution in [0.4, 0.5) is 0 Å². The van der Waals surface area contributed by atoms with Gasteiger partial charge in [-0.3, -0.25) is 0 Å². The summed E-state index contributed by atoms with van der Waals surface area (Å²) in [5.41, 5.74) is 16.8. The zero-order valence-electron chi connectivity index (χ0n) is 26.9. The van der Waals surface area contributed by atoms with Crippen molar-refractivity contribution in [3.8, 4) is 33.4 Å². The summed E-state index contributed by atoms with van der Waals surface area (Å²) in [5.74, 6) is 0. The van der Waals surface area contributed by atoms with Gasteiger partial charge in [0.15, 0.2) is 0 Å². The van der Waals surface area contributed by atoms with Gasteiger partial charge in [0.1, 0.15) is 0 Å². The van der Waals surface area contributed by atoms with Gasteiger partial charge in [0.2, 0.25) is 0 Å². The van der Waals surface area contributed by atoms with Crippen LogP contribution in [-0.4, -0.2) is 0 Å². The number of rotatable bonds is 2. The molecule has 0 atom stereocenters. The maximum atomic E-state index is 2.50. The van der Waals surface area contributed by atoms with Gasteiger partial charge in [-0.05, 0) is 148 Å². The molecule has 0 nitrogen and oxygen atoms in total. The molecule has 8 aromatic rings. The molecule has 0 saturated carbocycles. The van der Waals surface area contributed by atoms with E-state index in [0.717, 1.165) is 25.7 Å². The molecule has 222 valence electrons. The minimum atomic E-state index is -0.0984. The average molecular weight is 599 g/mol. The predicted octanol–water partition coefficient (Wildman–Crippen LogP) is 12.1. The molecule has 0 bridgehead atoms. The second-order valence-corrected chi connectivity index (χ2v) is 14.7. The van der Waals surface area contributed by atoms with Crippen LogP contribution in [-0.2, 0) is 31.1 Å². The number of hydrogen-bond donors (Lipinski definition) is 0. The molecule has 0 fully saturated rings. The third-order valence-corrected chi connectivity index (χ3v) is 12.0. The highest BCUT2D eigenvalue weighted by molar-refractivity contribution is 6.17. The molecule has 0 heteroatoms. The quantitative estimate of drug-likeness (QED) is 0.174. The third kappa shape index (κ3) is 3.38. The summed E-state index contributed by atoms with van der Waals surface area (Å²) in [6.07, 6.45) is 4.51. The Balaban J connectivity index is 1.06. The van der Waals surface area contributed by atoms with Crippen LogP contribution < -0.4 is 0 Å². The van der Waals surface area contributed by atoms with Crippen molar-refractivity contribution in [3.63, 3.8) is 0 Å². The molecule has 3 aliphatic carbocycles. The minimum Gasteiger partial charge on any atom is -0.0614 e. The van der Waals surface area contributed by atoms with Crippen LogP contribution in [0.2, 0.25) is 0 Å². The average Bonchev–Trinajstić information content (AvgIpc) is 3.34. The summed E-state index contributed by atoms with van der Waals surface area (Å²) in [7, 11) is 0. The second kappa shape index (κ2) is 8.99. The Morgan fingerprint density at radius 1 is 0.383 bits per heavy atom. The topological polar surface area (TPSA) is 0 Å². The number of hydrogen-bond acceptors (Lipinski definition) is 0. The molecule has 0 radical (unpaired) electrons. The number of benzene rings is 8. The fraction of sp³-hybridized carbons (Fsp3) is 0.149. The molecule has 8 aromatic carbocycles. The number of aryl methyl sites for hydroxylation is 4. The van der Waals surface area contributed by atoms with Crippen LogP contribution in [0, 0.1) is 0 Å². The lowest BCUT2D eigenvalue weighted by Gasteiger charge is -2.24.